The van der Waals surface area contributed by atoms with Crippen molar-refractivity contribution in [1.82, 2.24) is 15.5 Å². The first-order chi connectivity index (χ1) is 7.40. The van der Waals surface area contributed by atoms with Gasteiger partial charge in [-0.2, -0.15) is 0 Å². The molecule has 0 aliphatic carbocycles. The number of rotatable bonds is 4. The van der Waals surface area contributed by atoms with Gasteiger partial charge in [0, 0.05) is 26.1 Å². The van der Waals surface area contributed by atoms with Crippen LogP contribution in [-0.2, 0) is 11.2 Å². The third kappa shape index (κ3) is 2.87. The lowest BCUT2D eigenvalue weighted by Gasteiger charge is -2.25. The zero-order valence-corrected chi connectivity index (χ0v) is 9.72. The highest BCUT2D eigenvalue weighted by atomic mass is 32.1. The molecule has 15 heavy (non-hydrogen) atoms. The third-order valence-corrected chi connectivity index (χ3v) is 3.37. The predicted octanol–water partition coefficient (Wildman–Crippen LogP) is 0.137. The van der Waals surface area contributed by atoms with E-state index >= 15 is 0 Å². The van der Waals surface area contributed by atoms with E-state index in [0.717, 1.165) is 49.4 Å². The number of hydrogen-bond acceptors (Lipinski definition) is 6. The molecule has 0 bridgehead atoms. The molecule has 0 atom stereocenters. The van der Waals surface area contributed by atoms with Gasteiger partial charge in [0.15, 0.2) is 0 Å². The highest BCUT2D eigenvalue weighted by Crippen LogP contribution is 2.21. The van der Waals surface area contributed by atoms with Crippen LogP contribution in [0.1, 0.15) is 5.01 Å². The summed E-state index contributed by atoms with van der Waals surface area (Å²) in [7, 11) is 1.95. The van der Waals surface area contributed by atoms with Gasteiger partial charge in [-0.1, -0.05) is 11.3 Å². The molecule has 0 aromatic carbocycles. The van der Waals surface area contributed by atoms with Crippen molar-refractivity contribution >= 4 is 16.5 Å². The monoisotopic (exact) mass is 228 g/mol. The van der Waals surface area contributed by atoms with Crippen LogP contribution < -0.4 is 10.2 Å². The Bertz CT molecular complexity index is 298. The van der Waals surface area contributed by atoms with Crippen LogP contribution in [0, 0.1) is 0 Å². The zero-order valence-electron chi connectivity index (χ0n) is 8.90. The van der Waals surface area contributed by atoms with Gasteiger partial charge in [-0.15, -0.1) is 10.2 Å². The molecule has 2 rings (SSSR count). The molecule has 0 unspecified atom stereocenters. The van der Waals surface area contributed by atoms with Crippen LogP contribution in [0.4, 0.5) is 5.13 Å². The number of aromatic nitrogens is 2. The number of likely N-dealkylation sites (N-methyl/N-ethyl adjacent to an activating group) is 1. The van der Waals surface area contributed by atoms with E-state index in [0.29, 0.717) is 0 Å². The minimum atomic E-state index is 0.797. The van der Waals surface area contributed by atoms with Gasteiger partial charge in [-0.3, -0.25) is 0 Å². The fraction of sp³-hybridized carbons (Fsp3) is 0.778. The summed E-state index contributed by atoms with van der Waals surface area (Å²) in [4.78, 5) is 2.24. The summed E-state index contributed by atoms with van der Waals surface area (Å²) in [5.74, 6) is 0. The molecule has 1 aliphatic rings. The lowest BCUT2D eigenvalue weighted by atomic mass is 10.4. The van der Waals surface area contributed by atoms with Gasteiger partial charge in [0.25, 0.3) is 0 Å². The summed E-state index contributed by atoms with van der Waals surface area (Å²) in [5, 5.41) is 13.6. The molecule has 0 saturated carbocycles. The van der Waals surface area contributed by atoms with Crippen molar-refractivity contribution in [3.05, 3.63) is 5.01 Å². The fourth-order valence-corrected chi connectivity index (χ4v) is 2.35. The van der Waals surface area contributed by atoms with Gasteiger partial charge < -0.3 is 15.0 Å². The van der Waals surface area contributed by atoms with Crippen LogP contribution in [0.25, 0.3) is 0 Å². The summed E-state index contributed by atoms with van der Waals surface area (Å²) < 4.78 is 5.30. The van der Waals surface area contributed by atoms with Crippen molar-refractivity contribution in [2.45, 2.75) is 6.42 Å². The minimum Gasteiger partial charge on any atom is -0.378 e. The molecule has 0 amide bonds. The number of hydrogen-bond donors (Lipinski definition) is 1. The molecule has 84 valence electrons. The Hall–Kier alpha value is -0.720. The first-order valence-corrected chi connectivity index (χ1v) is 6.01. The summed E-state index contributed by atoms with van der Waals surface area (Å²) in [6.07, 6.45) is 0.957. The first-order valence-electron chi connectivity index (χ1n) is 5.20. The van der Waals surface area contributed by atoms with Crippen molar-refractivity contribution in [1.29, 1.82) is 0 Å². The van der Waals surface area contributed by atoms with E-state index in [-0.39, 0.29) is 0 Å². The number of ether oxygens (including phenoxy) is 1. The van der Waals surface area contributed by atoms with Gasteiger partial charge in [-0.25, -0.2) is 0 Å². The Morgan fingerprint density at radius 2 is 2.20 bits per heavy atom. The average Bonchev–Trinajstić information content (AvgIpc) is 2.76. The molecule has 2 heterocycles. The molecule has 1 aromatic rings. The summed E-state index contributed by atoms with van der Waals surface area (Å²) in [5.41, 5.74) is 0. The molecule has 0 spiro atoms. The summed E-state index contributed by atoms with van der Waals surface area (Å²) >= 11 is 1.69. The molecule has 5 nitrogen and oxygen atoms in total. The molecule has 1 N–H and O–H groups in total. The maximum Gasteiger partial charge on any atom is 0.208 e. The summed E-state index contributed by atoms with van der Waals surface area (Å²) in [6, 6.07) is 0. The Balaban J connectivity index is 1.93. The van der Waals surface area contributed by atoms with Crippen molar-refractivity contribution < 1.29 is 4.74 Å². The topological polar surface area (TPSA) is 50.3 Å². The van der Waals surface area contributed by atoms with E-state index in [9.17, 15) is 0 Å². The second kappa shape index (κ2) is 5.39. The average molecular weight is 228 g/mol. The third-order valence-electron chi connectivity index (χ3n) is 2.33. The highest BCUT2D eigenvalue weighted by molar-refractivity contribution is 7.15. The molecule has 0 radical (unpaired) electrons. The molecular formula is C9H16N4OS. The van der Waals surface area contributed by atoms with E-state index in [2.05, 4.69) is 20.4 Å². The molecular weight excluding hydrogens is 212 g/mol. The SMILES string of the molecule is CNCCc1nnc(N2CCOCC2)s1. The Morgan fingerprint density at radius 3 is 2.93 bits per heavy atom. The van der Waals surface area contributed by atoms with E-state index in [1.165, 1.54) is 0 Å². The standard InChI is InChI=1S/C9H16N4OS/c1-10-3-2-8-11-12-9(15-8)13-4-6-14-7-5-13/h10H,2-7H2,1H3. The van der Waals surface area contributed by atoms with Crippen molar-refractivity contribution in [3.8, 4) is 0 Å². The lowest BCUT2D eigenvalue weighted by Crippen LogP contribution is -2.36. The molecule has 1 fully saturated rings. The number of nitrogens with zero attached hydrogens (tertiary/aromatic N) is 3. The largest absolute Gasteiger partial charge is 0.378 e. The van der Waals surface area contributed by atoms with E-state index in [1.54, 1.807) is 11.3 Å². The van der Waals surface area contributed by atoms with E-state index < -0.39 is 0 Å². The molecule has 1 saturated heterocycles. The number of morpholine rings is 1. The van der Waals surface area contributed by atoms with Crippen molar-refractivity contribution in [2.75, 3.05) is 44.8 Å². The van der Waals surface area contributed by atoms with Gasteiger partial charge in [0.05, 0.1) is 13.2 Å². The van der Waals surface area contributed by atoms with E-state index in [1.807, 2.05) is 7.05 Å². The second-order valence-electron chi connectivity index (χ2n) is 3.43. The van der Waals surface area contributed by atoms with Crippen LogP contribution in [-0.4, -0.2) is 50.1 Å². The highest BCUT2D eigenvalue weighted by Gasteiger charge is 2.15. The maximum absolute atomic E-state index is 5.30. The number of anilines is 1. The second-order valence-corrected chi connectivity index (χ2v) is 4.47. The Morgan fingerprint density at radius 1 is 1.40 bits per heavy atom. The van der Waals surface area contributed by atoms with Crippen molar-refractivity contribution in [3.63, 3.8) is 0 Å². The van der Waals surface area contributed by atoms with Gasteiger partial charge in [0.2, 0.25) is 5.13 Å². The molecule has 6 heteroatoms. The van der Waals surface area contributed by atoms with E-state index in [4.69, 9.17) is 4.74 Å². The van der Waals surface area contributed by atoms with Crippen LogP contribution in [0.15, 0.2) is 0 Å². The quantitative estimate of drug-likeness (QED) is 0.794. The fourth-order valence-electron chi connectivity index (χ4n) is 1.46. The predicted molar refractivity (Wildman–Crippen MR) is 60.6 cm³/mol. The van der Waals surface area contributed by atoms with Gasteiger partial charge >= 0.3 is 0 Å². The zero-order chi connectivity index (χ0) is 10.5. The number of nitrogens with one attached hydrogen (secondary N) is 1. The van der Waals surface area contributed by atoms with Crippen molar-refractivity contribution in [2.24, 2.45) is 0 Å². The Labute approximate surface area is 93.5 Å². The van der Waals surface area contributed by atoms with Crippen LogP contribution in [0.2, 0.25) is 0 Å². The minimum absolute atomic E-state index is 0.797. The first kappa shape index (κ1) is 10.8. The molecule has 1 aliphatic heterocycles. The smallest absolute Gasteiger partial charge is 0.208 e. The van der Waals surface area contributed by atoms with Crippen LogP contribution >= 0.6 is 11.3 Å². The lowest BCUT2D eigenvalue weighted by molar-refractivity contribution is 0.122. The Kier molecular flexibility index (Phi) is 3.87. The molecule has 1 aromatic heterocycles. The van der Waals surface area contributed by atoms with Gasteiger partial charge in [-0.05, 0) is 7.05 Å². The normalized spacial score (nSPS) is 17.0. The van der Waals surface area contributed by atoms with Crippen LogP contribution in [0.3, 0.4) is 0 Å². The van der Waals surface area contributed by atoms with Gasteiger partial charge in [0.1, 0.15) is 5.01 Å². The maximum atomic E-state index is 5.30. The van der Waals surface area contributed by atoms with Crippen LogP contribution in [0.5, 0.6) is 0 Å². The summed E-state index contributed by atoms with van der Waals surface area (Å²) in [6.45, 7) is 4.41.